The quantitative estimate of drug-likeness (QED) is 0.798. The largest absolute Gasteiger partial charge is 0.467 e. The number of ether oxygens (including phenoxy) is 1. The molecular formula is C15H20N2O3. The molecule has 5 heteroatoms. The van der Waals surface area contributed by atoms with Crippen LogP contribution in [0, 0.1) is 5.92 Å². The van der Waals surface area contributed by atoms with E-state index in [4.69, 9.17) is 10.5 Å². The third kappa shape index (κ3) is 3.17. The van der Waals surface area contributed by atoms with Crippen LogP contribution in [-0.2, 0) is 20.7 Å². The van der Waals surface area contributed by atoms with Crippen molar-refractivity contribution < 1.29 is 14.3 Å². The standard InChI is InChI=1S/C15H20N2O3/c1-20-15(19)13(7-11-5-3-2-4-6-11)17-10-12(9-16)8-14(17)18/h2-6,12-13H,7-10,16H2,1H3/t12?,13-/m1/s1. The second-order valence-corrected chi connectivity index (χ2v) is 5.08. The molecular weight excluding hydrogens is 256 g/mol. The Hall–Kier alpha value is -1.88. The number of methoxy groups -OCH3 is 1. The van der Waals surface area contributed by atoms with Crippen LogP contribution in [0.25, 0.3) is 0 Å². The number of likely N-dealkylation sites (tertiary alicyclic amines) is 1. The Morgan fingerprint density at radius 3 is 2.70 bits per heavy atom. The van der Waals surface area contributed by atoms with Crippen LogP contribution in [0.5, 0.6) is 0 Å². The molecule has 1 saturated heterocycles. The van der Waals surface area contributed by atoms with Crippen LogP contribution in [0.3, 0.4) is 0 Å². The predicted molar refractivity (Wildman–Crippen MR) is 74.8 cm³/mol. The first-order valence-electron chi connectivity index (χ1n) is 6.77. The van der Waals surface area contributed by atoms with E-state index < -0.39 is 6.04 Å². The van der Waals surface area contributed by atoms with Gasteiger partial charge < -0.3 is 15.4 Å². The zero-order chi connectivity index (χ0) is 14.5. The van der Waals surface area contributed by atoms with Gasteiger partial charge in [-0.05, 0) is 18.0 Å². The van der Waals surface area contributed by atoms with E-state index in [9.17, 15) is 9.59 Å². The van der Waals surface area contributed by atoms with Crippen molar-refractivity contribution in [3.63, 3.8) is 0 Å². The molecule has 2 atom stereocenters. The highest BCUT2D eigenvalue weighted by Gasteiger charge is 2.37. The molecule has 0 bridgehead atoms. The van der Waals surface area contributed by atoms with Crippen molar-refractivity contribution in [3.05, 3.63) is 35.9 Å². The SMILES string of the molecule is COC(=O)[C@@H](Cc1ccccc1)N1CC(CN)CC1=O. The minimum absolute atomic E-state index is 0.0215. The predicted octanol–water partition coefficient (Wildman–Crippen LogP) is 0.578. The van der Waals surface area contributed by atoms with Gasteiger partial charge in [0, 0.05) is 19.4 Å². The summed E-state index contributed by atoms with van der Waals surface area (Å²) in [4.78, 5) is 25.7. The third-order valence-corrected chi connectivity index (χ3v) is 3.69. The molecule has 1 unspecified atom stereocenters. The van der Waals surface area contributed by atoms with Gasteiger partial charge in [-0.15, -0.1) is 0 Å². The molecule has 1 aliphatic rings. The normalized spacial score (nSPS) is 20.0. The van der Waals surface area contributed by atoms with E-state index in [1.165, 1.54) is 7.11 Å². The Morgan fingerprint density at radius 2 is 2.15 bits per heavy atom. The van der Waals surface area contributed by atoms with Crippen LogP contribution in [0.4, 0.5) is 0 Å². The van der Waals surface area contributed by atoms with Gasteiger partial charge in [0.25, 0.3) is 0 Å². The summed E-state index contributed by atoms with van der Waals surface area (Å²) in [5.74, 6) is -0.267. The van der Waals surface area contributed by atoms with E-state index in [2.05, 4.69) is 0 Å². The average molecular weight is 276 g/mol. The molecule has 1 aromatic carbocycles. The maximum Gasteiger partial charge on any atom is 0.328 e. The van der Waals surface area contributed by atoms with Gasteiger partial charge >= 0.3 is 5.97 Å². The molecule has 0 radical (unpaired) electrons. The lowest BCUT2D eigenvalue weighted by Gasteiger charge is -2.26. The fourth-order valence-electron chi connectivity index (χ4n) is 2.56. The Labute approximate surface area is 118 Å². The number of esters is 1. The monoisotopic (exact) mass is 276 g/mol. The summed E-state index contributed by atoms with van der Waals surface area (Å²) in [7, 11) is 1.35. The summed E-state index contributed by atoms with van der Waals surface area (Å²) >= 11 is 0. The van der Waals surface area contributed by atoms with E-state index in [1.807, 2.05) is 30.3 Å². The molecule has 0 aromatic heterocycles. The van der Waals surface area contributed by atoms with Gasteiger partial charge in [-0.1, -0.05) is 30.3 Å². The number of rotatable bonds is 5. The molecule has 1 aromatic rings. The number of amides is 1. The zero-order valence-electron chi connectivity index (χ0n) is 11.6. The van der Waals surface area contributed by atoms with Crippen molar-refractivity contribution in [1.82, 2.24) is 4.90 Å². The van der Waals surface area contributed by atoms with E-state index in [0.29, 0.717) is 25.9 Å². The van der Waals surface area contributed by atoms with Crippen LogP contribution in [0.1, 0.15) is 12.0 Å². The minimum Gasteiger partial charge on any atom is -0.467 e. The van der Waals surface area contributed by atoms with Crippen molar-refractivity contribution in [1.29, 1.82) is 0 Å². The Balaban J connectivity index is 2.16. The van der Waals surface area contributed by atoms with Gasteiger partial charge in [-0.25, -0.2) is 4.79 Å². The molecule has 5 nitrogen and oxygen atoms in total. The number of nitrogens with zero attached hydrogens (tertiary/aromatic N) is 1. The lowest BCUT2D eigenvalue weighted by molar-refractivity contribution is -0.151. The molecule has 0 spiro atoms. The van der Waals surface area contributed by atoms with E-state index in [1.54, 1.807) is 4.90 Å². The minimum atomic E-state index is -0.563. The van der Waals surface area contributed by atoms with Gasteiger partial charge in [0.2, 0.25) is 5.91 Å². The highest BCUT2D eigenvalue weighted by atomic mass is 16.5. The average Bonchev–Trinajstić information content (AvgIpc) is 2.86. The van der Waals surface area contributed by atoms with Crippen molar-refractivity contribution in [3.8, 4) is 0 Å². The second-order valence-electron chi connectivity index (χ2n) is 5.08. The summed E-state index contributed by atoms with van der Waals surface area (Å²) in [5.41, 5.74) is 6.63. The molecule has 1 heterocycles. The fraction of sp³-hybridized carbons (Fsp3) is 0.467. The molecule has 0 aliphatic carbocycles. The smallest absolute Gasteiger partial charge is 0.328 e. The van der Waals surface area contributed by atoms with Gasteiger partial charge in [0.1, 0.15) is 6.04 Å². The number of carbonyl (C=O) groups excluding carboxylic acids is 2. The number of carbonyl (C=O) groups is 2. The van der Waals surface area contributed by atoms with Crippen LogP contribution in [0.2, 0.25) is 0 Å². The Bertz CT molecular complexity index is 475. The van der Waals surface area contributed by atoms with Crippen molar-refractivity contribution >= 4 is 11.9 Å². The van der Waals surface area contributed by atoms with E-state index in [0.717, 1.165) is 5.56 Å². The maximum absolute atomic E-state index is 12.1. The molecule has 2 N–H and O–H groups in total. The van der Waals surface area contributed by atoms with Gasteiger partial charge in [-0.3, -0.25) is 4.79 Å². The topological polar surface area (TPSA) is 72.6 Å². The summed E-state index contributed by atoms with van der Waals surface area (Å²) < 4.78 is 4.85. The molecule has 0 saturated carbocycles. The number of hydrogen-bond acceptors (Lipinski definition) is 4. The summed E-state index contributed by atoms with van der Waals surface area (Å²) in [6.07, 6.45) is 0.884. The lowest BCUT2D eigenvalue weighted by Crippen LogP contribution is -2.44. The van der Waals surface area contributed by atoms with Crippen LogP contribution < -0.4 is 5.73 Å². The number of nitrogens with two attached hydrogens (primary N) is 1. The summed E-state index contributed by atoms with van der Waals surface area (Å²) in [5, 5.41) is 0. The molecule has 1 amide bonds. The first kappa shape index (κ1) is 14.5. The molecule has 108 valence electrons. The van der Waals surface area contributed by atoms with Gasteiger partial charge in [0.05, 0.1) is 7.11 Å². The highest BCUT2D eigenvalue weighted by molar-refractivity contribution is 5.86. The van der Waals surface area contributed by atoms with Gasteiger partial charge in [-0.2, -0.15) is 0 Å². The molecule has 2 rings (SSSR count). The highest BCUT2D eigenvalue weighted by Crippen LogP contribution is 2.22. The molecule has 1 aliphatic heterocycles. The summed E-state index contributed by atoms with van der Waals surface area (Å²) in [6.45, 7) is 0.989. The van der Waals surface area contributed by atoms with Crippen molar-refractivity contribution in [2.75, 3.05) is 20.2 Å². The van der Waals surface area contributed by atoms with Crippen LogP contribution >= 0.6 is 0 Å². The zero-order valence-corrected chi connectivity index (χ0v) is 11.6. The molecule has 1 fully saturated rings. The van der Waals surface area contributed by atoms with Crippen LogP contribution in [0.15, 0.2) is 30.3 Å². The first-order chi connectivity index (χ1) is 9.65. The number of hydrogen-bond donors (Lipinski definition) is 1. The first-order valence-corrected chi connectivity index (χ1v) is 6.77. The van der Waals surface area contributed by atoms with Crippen LogP contribution in [-0.4, -0.2) is 43.0 Å². The van der Waals surface area contributed by atoms with Crippen molar-refractivity contribution in [2.45, 2.75) is 18.9 Å². The number of benzene rings is 1. The fourth-order valence-corrected chi connectivity index (χ4v) is 2.56. The maximum atomic E-state index is 12.1. The lowest BCUT2D eigenvalue weighted by atomic mass is 10.0. The summed E-state index contributed by atoms with van der Waals surface area (Å²) in [6, 6.07) is 9.07. The van der Waals surface area contributed by atoms with E-state index >= 15 is 0 Å². The second kappa shape index (κ2) is 6.52. The third-order valence-electron chi connectivity index (χ3n) is 3.69. The van der Waals surface area contributed by atoms with E-state index in [-0.39, 0.29) is 17.8 Å². The molecule has 20 heavy (non-hydrogen) atoms. The van der Waals surface area contributed by atoms with Gasteiger partial charge in [0.15, 0.2) is 0 Å². The Kier molecular flexibility index (Phi) is 4.74. The Morgan fingerprint density at radius 1 is 1.45 bits per heavy atom. The van der Waals surface area contributed by atoms with Crippen molar-refractivity contribution in [2.24, 2.45) is 11.7 Å².